The fourth-order valence-corrected chi connectivity index (χ4v) is 2.15. The highest BCUT2D eigenvalue weighted by molar-refractivity contribution is 7.16. The molecule has 0 bridgehead atoms. The molecule has 5 nitrogen and oxygen atoms in total. The van der Waals surface area contributed by atoms with Crippen molar-refractivity contribution < 1.29 is 19.7 Å². The van der Waals surface area contributed by atoms with Gasteiger partial charge < -0.3 is 14.9 Å². The van der Waals surface area contributed by atoms with Gasteiger partial charge in [-0.25, -0.2) is 9.78 Å². The molecule has 6 heteroatoms. The number of methoxy groups -OCH3 is 1. The van der Waals surface area contributed by atoms with Crippen LogP contribution in [0.1, 0.15) is 11.7 Å². The summed E-state index contributed by atoms with van der Waals surface area (Å²) >= 11 is 1.48. The minimum atomic E-state index is -1.59. The van der Waals surface area contributed by atoms with Crippen LogP contribution < -0.4 is 0 Å². The lowest BCUT2D eigenvalue weighted by Gasteiger charge is -2.15. The smallest absolute Gasteiger partial charge is 0.337 e. The lowest BCUT2D eigenvalue weighted by atomic mass is 10.0. The molecule has 2 N–H and O–H groups in total. The number of carbonyl (C=O) groups excluding carboxylic acids is 1. The van der Waals surface area contributed by atoms with Gasteiger partial charge in [-0.3, -0.25) is 0 Å². The number of rotatable bonds is 3. The summed E-state index contributed by atoms with van der Waals surface area (Å²) in [6, 6.07) is 5.08. The summed E-state index contributed by atoms with van der Waals surface area (Å²) in [4.78, 5) is 15.2. The van der Waals surface area contributed by atoms with Crippen LogP contribution in [0.4, 0.5) is 0 Å². The van der Waals surface area contributed by atoms with E-state index in [2.05, 4.69) is 9.72 Å². The van der Waals surface area contributed by atoms with Crippen LogP contribution in [0.15, 0.2) is 23.7 Å². The second kappa shape index (κ2) is 4.79. The van der Waals surface area contributed by atoms with Gasteiger partial charge in [0.05, 0.1) is 22.8 Å². The Morgan fingerprint density at radius 3 is 2.94 bits per heavy atom. The molecule has 0 saturated heterocycles. The molecule has 0 spiro atoms. The van der Waals surface area contributed by atoms with E-state index >= 15 is 0 Å². The maximum atomic E-state index is 11.1. The zero-order valence-corrected chi connectivity index (χ0v) is 9.85. The maximum absolute atomic E-state index is 11.1. The molecule has 2 aromatic rings. The van der Waals surface area contributed by atoms with Gasteiger partial charge in [-0.1, -0.05) is 6.07 Å². The first kappa shape index (κ1) is 12.0. The standard InChI is InChI=1S/C11H11NO4S/c1-16-11(15)10(14)9(13)6-2-3-8-7(4-6)12-5-17-8/h2-5,9-10,13-14H,1H3. The summed E-state index contributed by atoms with van der Waals surface area (Å²) in [6.07, 6.45) is -2.90. The molecule has 1 heterocycles. The van der Waals surface area contributed by atoms with Gasteiger partial charge in [0.25, 0.3) is 0 Å². The molecule has 17 heavy (non-hydrogen) atoms. The molecule has 0 amide bonds. The maximum Gasteiger partial charge on any atom is 0.337 e. The number of aromatic nitrogens is 1. The Morgan fingerprint density at radius 1 is 1.47 bits per heavy atom. The third-order valence-corrected chi connectivity index (χ3v) is 3.25. The van der Waals surface area contributed by atoms with Crippen LogP contribution in [0.2, 0.25) is 0 Å². The Kier molecular flexibility index (Phi) is 3.37. The molecule has 2 rings (SSSR count). The van der Waals surface area contributed by atoms with Crippen molar-refractivity contribution in [1.29, 1.82) is 0 Å². The van der Waals surface area contributed by atoms with Crippen molar-refractivity contribution in [2.45, 2.75) is 12.2 Å². The number of benzene rings is 1. The van der Waals surface area contributed by atoms with E-state index in [0.29, 0.717) is 5.56 Å². The van der Waals surface area contributed by atoms with Crippen molar-refractivity contribution in [3.8, 4) is 0 Å². The average molecular weight is 253 g/mol. The van der Waals surface area contributed by atoms with E-state index in [1.165, 1.54) is 11.3 Å². The van der Waals surface area contributed by atoms with Gasteiger partial charge in [-0.05, 0) is 17.7 Å². The van der Waals surface area contributed by atoms with Crippen LogP contribution in [-0.2, 0) is 9.53 Å². The molecule has 90 valence electrons. The Hall–Kier alpha value is -1.50. The van der Waals surface area contributed by atoms with Crippen molar-refractivity contribution >= 4 is 27.5 Å². The van der Waals surface area contributed by atoms with Crippen molar-refractivity contribution in [2.24, 2.45) is 0 Å². The molecular formula is C11H11NO4S. The van der Waals surface area contributed by atoms with E-state index in [4.69, 9.17) is 0 Å². The van der Waals surface area contributed by atoms with Gasteiger partial charge in [-0.15, -0.1) is 11.3 Å². The normalized spacial score (nSPS) is 14.5. The first-order valence-electron chi connectivity index (χ1n) is 4.90. The Balaban J connectivity index is 2.29. The summed E-state index contributed by atoms with van der Waals surface area (Å²) in [5.41, 5.74) is 2.85. The highest BCUT2D eigenvalue weighted by Gasteiger charge is 2.26. The van der Waals surface area contributed by atoms with E-state index in [-0.39, 0.29) is 0 Å². The predicted octanol–water partition coefficient (Wildman–Crippen LogP) is 0.864. The summed E-state index contributed by atoms with van der Waals surface area (Å²) in [5.74, 6) is -0.865. The molecule has 2 unspecified atom stereocenters. The summed E-state index contributed by atoms with van der Waals surface area (Å²) in [6.45, 7) is 0. The van der Waals surface area contributed by atoms with E-state index < -0.39 is 18.2 Å². The van der Waals surface area contributed by atoms with Crippen LogP contribution in [0.3, 0.4) is 0 Å². The molecule has 0 radical (unpaired) electrons. The lowest BCUT2D eigenvalue weighted by molar-refractivity contribution is -0.156. The number of carbonyl (C=O) groups is 1. The topological polar surface area (TPSA) is 79.7 Å². The first-order chi connectivity index (χ1) is 8.13. The van der Waals surface area contributed by atoms with Crippen LogP contribution >= 0.6 is 11.3 Å². The second-order valence-corrected chi connectivity index (χ2v) is 4.38. The zero-order valence-electron chi connectivity index (χ0n) is 9.03. The number of aliphatic hydroxyl groups is 2. The monoisotopic (exact) mass is 253 g/mol. The number of aliphatic hydroxyl groups excluding tert-OH is 2. The first-order valence-corrected chi connectivity index (χ1v) is 5.78. The van der Waals surface area contributed by atoms with Gasteiger partial charge in [0, 0.05) is 0 Å². The molecular weight excluding hydrogens is 242 g/mol. The summed E-state index contributed by atoms with van der Waals surface area (Å²) in [5, 5.41) is 19.3. The average Bonchev–Trinajstić information content (AvgIpc) is 2.83. The van der Waals surface area contributed by atoms with Crippen molar-refractivity contribution in [3.05, 3.63) is 29.3 Å². The van der Waals surface area contributed by atoms with Gasteiger partial charge in [0.15, 0.2) is 6.10 Å². The van der Waals surface area contributed by atoms with E-state index in [1.807, 2.05) is 0 Å². The van der Waals surface area contributed by atoms with Crippen LogP contribution in [0, 0.1) is 0 Å². The number of hydrogen-bond acceptors (Lipinski definition) is 6. The minimum Gasteiger partial charge on any atom is -0.467 e. The van der Waals surface area contributed by atoms with Crippen LogP contribution in [-0.4, -0.2) is 34.4 Å². The minimum absolute atomic E-state index is 0.432. The second-order valence-electron chi connectivity index (χ2n) is 3.49. The van der Waals surface area contributed by atoms with Crippen molar-refractivity contribution in [2.75, 3.05) is 7.11 Å². The number of nitrogens with zero attached hydrogens (tertiary/aromatic N) is 1. The Bertz CT molecular complexity index is 539. The van der Waals surface area contributed by atoms with E-state index in [9.17, 15) is 15.0 Å². The van der Waals surface area contributed by atoms with Gasteiger partial charge in [0.1, 0.15) is 6.10 Å². The van der Waals surface area contributed by atoms with Gasteiger partial charge in [0.2, 0.25) is 0 Å². The fraction of sp³-hybridized carbons (Fsp3) is 0.273. The number of thiazole rings is 1. The molecule has 0 fully saturated rings. The Labute approximate surface area is 101 Å². The highest BCUT2D eigenvalue weighted by Crippen LogP contribution is 2.24. The molecule has 1 aromatic heterocycles. The largest absolute Gasteiger partial charge is 0.467 e. The van der Waals surface area contributed by atoms with Crippen molar-refractivity contribution in [1.82, 2.24) is 4.98 Å². The molecule has 0 aliphatic carbocycles. The van der Waals surface area contributed by atoms with E-state index in [0.717, 1.165) is 17.3 Å². The summed E-state index contributed by atoms with van der Waals surface area (Å²) < 4.78 is 5.34. The summed E-state index contributed by atoms with van der Waals surface area (Å²) in [7, 11) is 1.15. The number of esters is 1. The molecule has 0 saturated carbocycles. The number of fused-ring (bicyclic) bond motifs is 1. The van der Waals surface area contributed by atoms with Gasteiger partial charge in [-0.2, -0.15) is 0 Å². The number of ether oxygens (including phenoxy) is 1. The Morgan fingerprint density at radius 2 is 2.24 bits per heavy atom. The molecule has 0 aliphatic heterocycles. The molecule has 0 aliphatic rings. The zero-order chi connectivity index (χ0) is 12.4. The molecule has 2 atom stereocenters. The molecule has 1 aromatic carbocycles. The third kappa shape index (κ3) is 2.28. The van der Waals surface area contributed by atoms with E-state index in [1.54, 1.807) is 23.7 Å². The fourth-order valence-electron chi connectivity index (χ4n) is 1.49. The lowest BCUT2D eigenvalue weighted by Crippen LogP contribution is -2.28. The quantitative estimate of drug-likeness (QED) is 0.793. The predicted molar refractivity (Wildman–Crippen MR) is 62.6 cm³/mol. The van der Waals surface area contributed by atoms with Crippen LogP contribution in [0.25, 0.3) is 10.2 Å². The highest BCUT2D eigenvalue weighted by atomic mass is 32.1. The number of hydrogen-bond donors (Lipinski definition) is 2. The van der Waals surface area contributed by atoms with Gasteiger partial charge >= 0.3 is 5.97 Å². The van der Waals surface area contributed by atoms with Crippen molar-refractivity contribution in [3.63, 3.8) is 0 Å². The SMILES string of the molecule is COC(=O)C(O)C(O)c1ccc2scnc2c1. The van der Waals surface area contributed by atoms with Crippen LogP contribution in [0.5, 0.6) is 0 Å². The third-order valence-electron chi connectivity index (χ3n) is 2.44.